The molecule has 2 aromatic heterocycles. The van der Waals surface area contributed by atoms with Crippen LogP contribution in [0.1, 0.15) is 34.9 Å². The standard InChI is InChI=1S/C18H21N3O2/c22-18(17-2-1-9-21(17)15-3-4-15)20-16-12-23-11-14(16)10-13-5-7-19-8-6-13/h1-2,5-9,14-16H,3-4,10-12H2,(H,20,22)/t14-,16+/m1/s1. The molecule has 0 unspecified atom stereocenters. The minimum Gasteiger partial charge on any atom is -0.379 e. The predicted octanol–water partition coefficient (Wildman–Crippen LogP) is 2.21. The van der Waals surface area contributed by atoms with Crippen LogP contribution in [-0.4, -0.2) is 34.7 Å². The SMILES string of the molecule is O=C(N[C@H]1COC[C@H]1Cc1ccncc1)c1cccn1C1CC1. The van der Waals surface area contributed by atoms with E-state index < -0.39 is 0 Å². The number of aromatic nitrogens is 2. The molecular formula is C18H21N3O2. The van der Waals surface area contributed by atoms with E-state index in [-0.39, 0.29) is 11.9 Å². The lowest BCUT2D eigenvalue weighted by molar-refractivity contribution is 0.0915. The van der Waals surface area contributed by atoms with Gasteiger partial charge in [-0.1, -0.05) is 0 Å². The van der Waals surface area contributed by atoms with E-state index in [4.69, 9.17) is 4.74 Å². The zero-order valence-corrected chi connectivity index (χ0v) is 13.0. The quantitative estimate of drug-likeness (QED) is 0.921. The molecule has 1 amide bonds. The molecular weight excluding hydrogens is 290 g/mol. The summed E-state index contributed by atoms with van der Waals surface area (Å²) in [5, 5.41) is 3.17. The number of hydrogen-bond donors (Lipinski definition) is 1. The van der Waals surface area contributed by atoms with Gasteiger partial charge < -0.3 is 14.6 Å². The van der Waals surface area contributed by atoms with Gasteiger partial charge in [-0.2, -0.15) is 0 Å². The maximum absolute atomic E-state index is 12.6. The topological polar surface area (TPSA) is 56.1 Å². The zero-order chi connectivity index (χ0) is 15.6. The molecule has 1 N–H and O–H groups in total. The van der Waals surface area contributed by atoms with Gasteiger partial charge in [0.1, 0.15) is 5.69 Å². The number of hydrogen-bond acceptors (Lipinski definition) is 3. The van der Waals surface area contributed by atoms with E-state index in [0.717, 1.165) is 12.1 Å². The number of rotatable bonds is 5. The molecule has 0 radical (unpaired) electrons. The van der Waals surface area contributed by atoms with E-state index in [1.807, 2.05) is 30.5 Å². The van der Waals surface area contributed by atoms with Crippen LogP contribution in [0.4, 0.5) is 0 Å². The molecule has 3 heterocycles. The molecule has 5 heteroatoms. The highest BCUT2D eigenvalue weighted by Gasteiger charge is 2.32. The van der Waals surface area contributed by atoms with Crippen LogP contribution in [0.2, 0.25) is 0 Å². The van der Waals surface area contributed by atoms with Crippen LogP contribution in [0, 0.1) is 5.92 Å². The van der Waals surface area contributed by atoms with Crippen LogP contribution in [0.25, 0.3) is 0 Å². The molecule has 1 saturated carbocycles. The summed E-state index contributed by atoms with van der Waals surface area (Å²) >= 11 is 0. The molecule has 2 atom stereocenters. The number of nitrogens with one attached hydrogen (secondary N) is 1. The first-order valence-electron chi connectivity index (χ1n) is 8.25. The summed E-state index contributed by atoms with van der Waals surface area (Å²) in [7, 11) is 0. The maximum Gasteiger partial charge on any atom is 0.268 e. The maximum atomic E-state index is 12.6. The summed E-state index contributed by atoms with van der Waals surface area (Å²) in [6.45, 7) is 1.28. The third-order valence-electron chi connectivity index (χ3n) is 4.71. The lowest BCUT2D eigenvalue weighted by atomic mass is 9.95. The molecule has 4 rings (SSSR count). The fourth-order valence-corrected chi connectivity index (χ4v) is 3.28. The molecule has 2 aromatic rings. The molecule has 5 nitrogen and oxygen atoms in total. The normalized spacial score (nSPS) is 23.8. The van der Waals surface area contributed by atoms with E-state index in [1.54, 1.807) is 12.4 Å². The summed E-state index contributed by atoms with van der Waals surface area (Å²) in [6.07, 6.45) is 8.87. The van der Waals surface area contributed by atoms with Crippen molar-refractivity contribution >= 4 is 5.91 Å². The first kappa shape index (κ1) is 14.5. The number of pyridine rings is 1. The highest BCUT2D eigenvalue weighted by molar-refractivity contribution is 5.93. The number of nitrogens with zero attached hydrogens (tertiary/aromatic N) is 2. The number of carbonyl (C=O) groups excluding carboxylic acids is 1. The summed E-state index contributed by atoms with van der Waals surface area (Å²) in [4.78, 5) is 16.7. The molecule has 0 aromatic carbocycles. The highest BCUT2D eigenvalue weighted by atomic mass is 16.5. The Balaban J connectivity index is 1.42. The molecule has 1 saturated heterocycles. The van der Waals surface area contributed by atoms with Crippen molar-refractivity contribution in [3.8, 4) is 0 Å². The molecule has 23 heavy (non-hydrogen) atoms. The van der Waals surface area contributed by atoms with Crippen molar-refractivity contribution in [2.45, 2.75) is 31.3 Å². The van der Waals surface area contributed by atoms with Gasteiger partial charge in [0.2, 0.25) is 0 Å². The second-order valence-electron chi connectivity index (χ2n) is 6.47. The third-order valence-corrected chi connectivity index (χ3v) is 4.71. The summed E-state index contributed by atoms with van der Waals surface area (Å²) in [6, 6.07) is 8.48. The lowest BCUT2D eigenvalue weighted by Crippen LogP contribution is -2.41. The van der Waals surface area contributed by atoms with E-state index in [1.165, 1.54) is 18.4 Å². The van der Waals surface area contributed by atoms with E-state index >= 15 is 0 Å². The van der Waals surface area contributed by atoms with Crippen molar-refractivity contribution < 1.29 is 9.53 Å². The average molecular weight is 311 g/mol. The van der Waals surface area contributed by atoms with E-state index in [2.05, 4.69) is 14.9 Å². The van der Waals surface area contributed by atoms with Crippen LogP contribution >= 0.6 is 0 Å². The minimum atomic E-state index is 0.0112. The monoisotopic (exact) mass is 311 g/mol. The van der Waals surface area contributed by atoms with Gasteiger partial charge in [0.15, 0.2) is 0 Å². The largest absolute Gasteiger partial charge is 0.379 e. The molecule has 2 fully saturated rings. The van der Waals surface area contributed by atoms with Gasteiger partial charge in [-0.05, 0) is 49.1 Å². The second-order valence-corrected chi connectivity index (χ2v) is 6.47. The number of amides is 1. The molecule has 1 aliphatic carbocycles. The van der Waals surface area contributed by atoms with Crippen LogP contribution in [0.5, 0.6) is 0 Å². The van der Waals surface area contributed by atoms with Crippen LogP contribution in [-0.2, 0) is 11.2 Å². The fraction of sp³-hybridized carbons (Fsp3) is 0.444. The fourth-order valence-electron chi connectivity index (χ4n) is 3.28. The predicted molar refractivity (Wildman–Crippen MR) is 86.2 cm³/mol. The molecule has 0 bridgehead atoms. The first-order chi connectivity index (χ1) is 11.3. The smallest absolute Gasteiger partial charge is 0.268 e. The van der Waals surface area contributed by atoms with Gasteiger partial charge in [-0.25, -0.2) is 0 Å². The molecule has 120 valence electrons. The Morgan fingerprint density at radius 3 is 2.87 bits per heavy atom. The van der Waals surface area contributed by atoms with Crippen molar-refractivity contribution in [2.75, 3.05) is 13.2 Å². The third kappa shape index (κ3) is 3.15. The van der Waals surface area contributed by atoms with Gasteiger partial charge in [0.05, 0.1) is 19.3 Å². The highest BCUT2D eigenvalue weighted by Crippen LogP contribution is 2.36. The van der Waals surface area contributed by atoms with Crippen molar-refractivity contribution in [1.82, 2.24) is 14.9 Å². The molecule has 1 aliphatic heterocycles. The average Bonchev–Trinajstić information content (AvgIpc) is 3.13. The van der Waals surface area contributed by atoms with Crippen molar-refractivity contribution in [2.24, 2.45) is 5.92 Å². The van der Waals surface area contributed by atoms with Crippen molar-refractivity contribution in [3.63, 3.8) is 0 Å². The summed E-state index contributed by atoms with van der Waals surface area (Å²) in [5.74, 6) is 0.322. The Morgan fingerprint density at radius 1 is 1.26 bits per heavy atom. The minimum absolute atomic E-state index is 0.0112. The van der Waals surface area contributed by atoms with Crippen LogP contribution in [0.15, 0.2) is 42.9 Å². The number of carbonyl (C=O) groups is 1. The van der Waals surface area contributed by atoms with Gasteiger partial charge in [0, 0.05) is 30.6 Å². The van der Waals surface area contributed by atoms with Crippen molar-refractivity contribution in [3.05, 3.63) is 54.1 Å². The Morgan fingerprint density at radius 2 is 2.09 bits per heavy atom. The first-order valence-corrected chi connectivity index (χ1v) is 8.25. The zero-order valence-electron chi connectivity index (χ0n) is 13.0. The van der Waals surface area contributed by atoms with Gasteiger partial charge in [0.25, 0.3) is 5.91 Å². The van der Waals surface area contributed by atoms with Crippen LogP contribution in [0.3, 0.4) is 0 Å². The Bertz CT molecular complexity index is 679. The second kappa shape index (κ2) is 6.16. The van der Waals surface area contributed by atoms with E-state index in [0.29, 0.717) is 25.2 Å². The van der Waals surface area contributed by atoms with E-state index in [9.17, 15) is 4.79 Å². The van der Waals surface area contributed by atoms with Gasteiger partial charge >= 0.3 is 0 Å². The molecule has 0 spiro atoms. The van der Waals surface area contributed by atoms with Crippen molar-refractivity contribution in [1.29, 1.82) is 0 Å². The Kier molecular flexibility index (Phi) is 3.87. The summed E-state index contributed by atoms with van der Waals surface area (Å²) in [5.41, 5.74) is 2.00. The van der Waals surface area contributed by atoms with Gasteiger partial charge in [-0.15, -0.1) is 0 Å². The Labute approximate surface area is 135 Å². The summed E-state index contributed by atoms with van der Waals surface area (Å²) < 4.78 is 7.71. The number of ether oxygens (including phenoxy) is 1. The van der Waals surface area contributed by atoms with Gasteiger partial charge in [-0.3, -0.25) is 9.78 Å². The molecule has 2 aliphatic rings. The van der Waals surface area contributed by atoms with Crippen LogP contribution < -0.4 is 5.32 Å². The lowest BCUT2D eigenvalue weighted by Gasteiger charge is -2.19. The Hall–Kier alpha value is -2.14.